The second-order valence-electron chi connectivity index (χ2n) is 5.18. The van der Waals surface area contributed by atoms with Gasteiger partial charge in [-0.05, 0) is 36.2 Å². The third-order valence-electron chi connectivity index (χ3n) is 3.25. The lowest BCUT2D eigenvalue weighted by Crippen LogP contribution is -2.30. The molecule has 1 amide bonds. The summed E-state index contributed by atoms with van der Waals surface area (Å²) in [6.07, 6.45) is -5.08. The van der Waals surface area contributed by atoms with Crippen LogP contribution in [0.3, 0.4) is 0 Å². The van der Waals surface area contributed by atoms with Crippen molar-refractivity contribution in [1.29, 1.82) is 0 Å². The van der Waals surface area contributed by atoms with Crippen LogP contribution in [-0.2, 0) is 6.18 Å². The van der Waals surface area contributed by atoms with Gasteiger partial charge in [-0.3, -0.25) is 4.79 Å². The van der Waals surface area contributed by atoms with E-state index in [9.17, 15) is 23.1 Å². The Morgan fingerprint density at radius 2 is 1.74 bits per heavy atom. The fraction of sp³-hybridized carbons (Fsp3) is 0.235. The van der Waals surface area contributed by atoms with Crippen LogP contribution in [-0.4, -0.2) is 23.7 Å². The molecule has 2 rings (SSSR count). The summed E-state index contributed by atoms with van der Waals surface area (Å²) >= 11 is 0. The van der Waals surface area contributed by atoms with Crippen molar-refractivity contribution in [3.63, 3.8) is 0 Å². The van der Waals surface area contributed by atoms with Crippen LogP contribution in [0.1, 0.15) is 22.8 Å². The summed E-state index contributed by atoms with van der Waals surface area (Å²) in [6, 6.07) is 11.3. The van der Waals surface area contributed by atoms with Crippen molar-refractivity contribution in [2.45, 2.75) is 19.2 Å². The summed E-state index contributed by atoms with van der Waals surface area (Å²) in [6.45, 7) is 1.64. The number of rotatable bonds is 4. The number of aliphatic hydroxyl groups excluding tert-OH is 1. The molecule has 0 saturated heterocycles. The molecule has 3 nitrogen and oxygen atoms in total. The predicted octanol–water partition coefficient (Wildman–Crippen LogP) is 3.48. The molecule has 6 heteroatoms. The number of carbonyl (C=O) groups is 1. The molecule has 0 heterocycles. The molecule has 0 aliphatic heterocycles. The van der Waals surface area contributed by atoms with E-state index < -0.39 is 17.8 Å². The molecule has 0 spiro atoms. The number of nitrogens with one attached hydrogen (secondary N) is 1. The lowest BCUT2D eigenvalue weighted by Gasteiger charge is -2.12. The third kappa shape index (κ3) is 4.32. The monoisotopic (exact) mass is 323 g/mol. The summed E-state index contributed by atoms with van der Waals surface area (Å²) in [5, 5.41) is 11.8. The second-order valence-corrected chi connectivity index (χ2v) is 5.18. The largest absolute Gasteiger partial charge is 0.416 e. The zero-order chi connectivity index (χ0) is 17.0. The maximum Gasteiger partial charge on any atom is 0.416 e. The molecule has 23 heavy (non-hydrogen) atoms. The highest BCUT2D eigenvalue weighted by molar-refractivity contribution is 6.00. The highest BCUT2D eigenvalue weighted by Gasteiger charge is 2.30. The SMILES string of the molecule is CC(O)CNC(=O)c1ccccc1-c1ccc(C(F)(F)F)cc1. The van der Waals surface area contributed by atoms with Crippen molar-refractivity contribution in [3.05, 3.63) is 59.7 Å². The summed E-state index contributed by atoms with van der Waals surface area (Å²) in [7, 11) is 0. The standard InChI is InChI=1S/C17H16F3NO2/c1-11(22)10-21-16(23)15-5-3-2-4-14(15)12-6-8-13(9-7-12)17(18,19)20/h2-9,11,22H,10H2,1H3,(H,21,23). The van der Waals surface area contributed by atoms with Gasteiger partial charge < -0.3 is 10.4 Å². The lowest BCUT2D eigenvalue weighted by atomic mass is 9.98. The number of alkyl halides is 3. The van der Waals surface area contributed by atoms with Gasteiger partial charge >= 0.3 is 6.18 Å². The first-order valence-electron chi connectivity index (χ1n) is 7.02. The van der Waals surface area contributed by atoms with Gasteiger partial charge in [0.25, 0.3) is 5.91 Å². The van der Waals surface area contributed by atoms with Gasteiger partial charge in [0.2, 0.25) is 0 Å². The van der Waals surface area contributed by atoms with Crippen LogP contribution in [0, 0.1) is 0 Å². The summed E-state index contributed by atoms with van der Waals surface area (Å²) in [4.78, 5) is 12.2. The van der Waals surface area contributed by atoms with Crippen LogP contribution in [0.5, 0.6) is 0 Å². The molecule has 2 aromatic rings. The van der Waals surface area contributed by atoms with E-state index in [0.717, 1.165) is 12.1 Å². The number of benzene rings is 2. The molecule has 0 fully saturated rings. The Morgan fingerprint density at radius 3 is 2.30 bits per heavy atom. The number of halogens is 3. The van der Waals surface area contributed by atoms with Gasteiger partial charge in [0.15, 0.2) is 0 Å². The predicted molar refractivity (Wildman–Crippen MR) is 80.9 cm³/mol. The van der Waals surface area contributed by atoms with E-state index in [0.29, 0.717) is 16.7 Å². The highest BCUT2D eigenvalue weighted by atomic mass is 19.4. The zero-order valence-corrected chi connectivity index (χ0v) is 12.4. The molecule has 0 bridgehead atoms. The van der Waals surface area contributed by atoms with Crippen molar-refractivity contribution >= 4 is 5.91 Å². The van der Waals surface area contributed by atoms with Crippen molar-refractivity contribution in [1.82, 2.24) is 5.32 Å². The zero-order valence-electron chi connectivity index (χ0n) is 12.4. The molecule has 122 valence electrons. The van der Waals surface area contributed by atoms with Gasteiger partial charge in [0, 0.05) is 12.1 Å². The van der Waals surface area contributed by atoms with E-state index in [1.54, 1.807) is 31.2 Å². The quantitative estimate of drug-likeness (QED) is 0.905. The first-order chi connectivity index (χ1) is 10.8. The number of aliphatic hydroxyl groups is 1. The molecule has 2 N–H and O–H groups in total. The van der Waals surface area contributed by atoms with E-state index in [4.69, 9.17) is 0 Å². The van der Waals surface area contributed by atoms with E-state index in [1.807, 2.05) is 0 Å². The molecule has 1 unspecified atom stereocenters. The number of hydrogen-bond donors (Lipinski definition) is 2. The Bertz CT molecular complexity index is 679. The van der Waals surface area contributed by atoms with E-state index in [-0.39, 0.29) is 12.5 Å². The van der Waals surface area contributed by atoms with Gasteiger partial charge in [-0.1, -0.05) is 30.3 Å². The molecule has 2 aromatic carbocycles. The van der Waals surface area contributed by atoms with Crippen molar-refractivity contribution in [3.8, 4) is 11.1 Å². The maximum atomic E-state index is 12.6. The molecular weight excluding hydrogens is 307 g/mol. The topological polar surface area (TPSA) is 49.3 Å². The maximum absolute atomic E-state index is 12.6. The average molecular weight is 323 g/mol. The minimum Gasteiger partial charge on any atom is -0.392 e. The summed E-state index contributed by atoms with van der Waals surface area (Å²) < 4.78 is 37.9. The molecule has 0 radical (unpaired) electrons. The number of carbonyl (C=O) groups excluding carboxylic acids is 1. The van der Waals surface area contributed by atoms with E-state index in [2.05, 4.69) is 5.32 Å². The number of hydrogen-bond acceptors (Lipinski definition) is 2. The van der Waals surface area contributed by atoms with Crippen LogP contribution >= 0.6 is 0 Å². The Hall–Kier alpha value is -2.34. The van der Waals surface area contributed by atoms with Crippen LogP contribution in [0.15, 0.2) is 48.5 Å². The minimum absolute atomic E-state index is 0.0974. The molecular formula is C17H16F3NO2. The van der Waals surface area contributed by atoms with Crippen LogP contribution in [0.2, 0.25) is 0 Å². The Labute approximate surface area is 131 Å². The van der Waals surface area contributed by atoms with Crippen LogP contribution < -0.4 is 5.32 Å². The molecule has 1 atom stereocenters. The Morgan fingerprint density at radius 1 is 1.13 bits per heavy atom. The summed E-state index contributed by atoms with van der Waals surface area (Å²) in [5.41, 5.74) is 0.648. The highest BCUT2D eigenvalue weighted by Crippen LogP contribution is 2.31. The van der Waals surface area contributed by atoms with Gasteiger partial charge in [0.1, 0.15) is 0 Å². The second kappa shape index (κ2) is 6.83. The van der Waals surface area contributed by atoms with Gasteiger partial charge in [-0.2, -0.15) is 13.2 Å². The van der Waals surface area contributed by atoms with Crippen molar-refractivity contribution in [2.24, 2.45) is 0 Å². The van der Waals surface area contributed by atoms with Crippen LogP contribution in [0.4, 0.5) is 13.2 Å². The van der Waals surface area contributed by atoms with Crippen molar-refractivity contribution < 1.29 is 23.1 Å². The van der Waals surface area contributed by atoms with Gasteiger partial charge in [0.05, 0.1) is 11.7 Å². The smallest absolute Gasteiger partial charge is 0.392 e. The molecule has 0 saturated carbocycles. The third-order valence-corrected chi connectivity index (χ3v) is 3.25. The molecule has 0 aliphatic carbocycles. The Kier molecular flexibility index (Phi) is 5.05. The molecule has 0 aromatic heterocycles. The first-order valence-corrected chi connectivity index (χ1v) is 7.02. The normalized spacial score (nSPS) is 12.7. The van der Waals surface area contributed by atoms with Gasteiger partial charge in [-0.15, -0.1) is 0 Å². The van der Waals surface area contributed by atoms with E-state index in [1.165, 1.54) is 12.1 Å². The van der Waals surface area contributed by atoms with E-state index >= 15 is 0 Å². The van der Waals surface area contributed by atoms with Gasteiger partial charge in [-0.25, -0.2) is 0 Å². The Balaban J connectivity index is 2.31. The van der Waals surface area contributed by atoms with Crippen molar-refractivity contribution in [2.75, 3.05) is 6.54 Å². The fourth-order valence-corrected chi connectivity index (χ4v) is 2.11. The average Bonchev–Trinajstić information content (AvgIpc) is 2.52. The lowest BCUT2D eigenvalue weighted by molar-refractivity contribution is -0.137. The fourth-order valence-electron chi connectivity index (χ4n) is 2.11. The number of amides is 1. The minimum atomic E-state index is -4.40. The summed E-state index contributed by atoms with van der Waals surface area (Å²) in [5.74, 6) is -0.388. The first kappa shape index (κ1) is 17.0. The molecule has 0 aliphatic rings. The van der Waals surface area contributed by atoms with Crippen LogP contribution in [0.25, 0.3) is 11.1 Å².